The molecule has 5 aromatic rings. The minimum atomic E-state index is -4.37. The van der Waals surface area contributed by atoms with Crippen molar-refractivity contribution in [3.63, 3.8) is 0 Å². The maximum absolute atomic E-state index is 15.7. The Kier molecular flexibility index (Phi) is 14.3. The molecule has 67 heavy (non-hydrogen) atoms. The molecule has 3 N–H and O–H groups in total. The van der Waals surface area contributed by atoms with Crippen LogP contribution in [0.1, 0.15) is 55.9 Å². The van der Waals surface area contributed by atoms with Gasteiger partial charge in [0.2, 0.25) is 17.6 Å². The zero-order valence-corrected chi connectivity index (χ0v) is 36.4. The number of rotatable bonds is 21. The van der Waals surface area contributed by atoms with Gasteiger partial charge in [-0.05, 0) is 60.9 Å². The Bertz CT molecular complexity index is 2830. The summed E-state index contributed by atoms with van der Waals surface area (Å²) < 4.78 is 101. The van der Waals surface area contributed by atoms with Gasteiger partial charge in [0.15, 0.2) is 5.82 Å². The summed E-state index contributed by atoms with van der Waals surface area (Å²) in [5, 5.41) is 2.44. The summed E-state index contributed by atoms with van der Waals surface area (Å²) in [6, 6.07) is 13.8. The van der Waals surface area contributed by atoms with E-state index in [1.807, 2.05) is 4.72 Å². The summed E-state index contributed by atoms with van der Waals surface area (Å²) in [5.74, 6) is -5.35. The van der Waals surface area contributed by atoms with Crippen LogP contribution in [-0.4, -0.2) is 135 Å². The summed E-state index contributed by atoms with van der Waals surface area (Å²) in [4.78, 5) is 71.8. The SMILES string of the molecule is O=C1CCC(N2C(=O)c3cccc(OCCOCCOCCOCCOc4ccc(-c5cnc6[nH]cc(C(=O)c7c(F)ccc(NS(=O)(=O)N8CC[C@@H](F)C8)c7F)c6c5)cc4)c3C2=O)C(=O)N1. The van der Waals surface area contributed by atoms with Crippen LogP contribution in [0, 0.1) is 11.6 Å². The van der Waals surface area contributed by atoms with E-state index in [2.05, 4.69) is 15.3 Å². The molecule has 4 amide bonds. The number of amides is 4. The maximum Gasteiger partial charge on any atom is 0.301 e. The highest BCUT2D eigenvalue weighted by Crippen LogP contribution is 2.34. The number of carbonyl (C=O) groups excluding carboxylic acids is 5. The number of alkyl halides is 1. The fourth-order valence-corrected chi connectivity index (χ4v) is 9.02. The molecule has 3 aliphatic heterocycles. The van der Waals surface area contributed by atoms with Crippen LogP contribution in [0.2, 0.25) is 0 Å². The van der Waals surface area contributed by atoms with Crippen molar-refractivity contribution >= 4 is 56.3 Å². The number of ketones is 1. The molecule has 0 bridgehead atoms. The lowest BCUT2D eigenvalue weighted by Crippen LogP contribution is -2.54. The molecule has 1 unspecified atom stereocenters. The Balaban J connectivity index is 0.733. The van der Waals surface area contributed by atoms with E-state index < -0.39 is 81.3 Å². The maximum atomic E-state index is 15.7. The first-order valence-corrected chi connectivity index (χ1v) is 22.6. The highest BCUT2D eigenvalue weighted by molar-refractivity contribution is 7.90. The summed E-state index contributed by atoms with van der Waals surface area (Å²) >= 11 is 0. The number of hydrogen-bond donors (Lipinski definition) is 3. The molecule has 2 fully saturated rings. The van der Waals surface area contributed by atoms with Crippen molar-refractivity contribution in [3.05, 3.63) is 107 Å². The van der Waals surface area contributed by atoms with Crippen LogP contribution in [0.4, 0.5) is 18.9 Å². The number of anilines is 1. The number of hydrogen-bond acceptors (Lipinski definition) is 13. The van der Waals surface area contributed by atoms with E-state index in [1.165, 1.54) is 12.3 Å². The summed E-state index contributed by atoms with van der Waals surface area (Å²) in [5.41, 5.74) is 0.0130. The highest BCUT2D eigenvalue weighted by atomic mass is 32.2. The van der Waals surface area contributed by atoms with Crippen LogP contribution >= 0.6 is 0 Å². The van der Waals surface area contributed by atoms with Gasteiger partial charge in [-0.15, -0.1) is 0 Å². The van der Waals surface area contributed by atoms with Crippen LogP contribution in [0.3, 0.4) is 0 Å². The smallest absolute Gasteiger partial charge is 0.301 e. The van der Waals surface area contributed by atoms with Crippen molar-refractivity contribution in [1.29, 1.82) is 0 Å². The van der Waals surface area contributed by atoms with E-state index in [0.29, 0.717) is 30.1 Å². The normalized spacial score (nSPS) is 17.6. The lowest BCUT2D eigenvalue weighted by Gasteiger charge is -2.27. The largest absolute Gasteiger partial charge is 0.491 e. The second kappa shape index (κ2) is 20.4. The van der Waals surface area contributed by atoms with Crippen LogP contribution < -0.4 is 19.5 Å². The molecular formula is C45H43F3N6O12S. The number of nitrogens with one attached hydrogen (secondary N) is 3. The van der Waals surface area contributed by atoms with Gasteiger partial charge >= 0.3 is 10.2 Å². The monoisotopic (exact) mass is 948 g/mol. The highest BCUT2D eigenvalue weighted by Gasteiger charge is 2.46. The average Bonchev–Trinajstić information content (AvgIpc) is 4.02. The number of benzene rings is 3. The van der Waals surface area contributed by atoms with Crippen molar-refractivity contribution in [1.82, 2.24) is 24.5 Å². The van der Waals surface area contributed by atoms with Gasteiger partial charge in [0.05, 0.1) is 62.0 Å². The third kappa shape index (κ3) is 10.3. The summed E-state index contributed by atoms with van der Waals surface area (Å²) in [6.07, 6.45) is 1.52. The molecule has 3 aliphatic rings. The molecule has 8 rings (SSSR count). The summed E-state index contributed by atoms with van der Waals surface area (Å²) in [7, 11) is -4.37. The Morgan fingerprint density at radius 1 is 0.836 bits per heavy atom. The number of fused-ring (bicyclic) bond motifs is 2. The van der Waals surface area contributed by atoms with Gasteiger partial charge in [-0.1, -0.05) is 18.2 Å². The number of imide groups is 2. The first kappa shape index (κ1) is 46.8. The molecule has 22 heteroatoms. The van der Waals surface area contributed by atoms with Gasteiger partial charge in [-0.25, -0.2) is 18.2 Å². The van der Waals surface area contributed by atoms with Crippen molar-refractivity contribution < 1.29 is 69.2 Å². The molecule has 18 nitrogen and oxygen atoms in total. The molecule has 0 radical (unpaired) electrons. The van der Waals surface area contributed by atoms with Crippen LogP contribution in [-0.2, 0) is 34.0 Å². The van der Waals surface area contributed by atoms with Gasteiger partial charge < -0.3 is 28.7 Å². The Morgan fingerprint density at radius 2 is 1.54 bits per heavy atom. The van der Waals surface area contributed by atoms with E-state index in [9.17, 15) is 36.8 Å². The van der Waals surface area contributed by atoms with Crippen molar-refractivity contribution in [3.8, 4) is 22.6 Å². The van der Waals surface area contributed by atoms with Gasteiger partial charge in [-0.2, -0.15) is 12.7 Å². The van der Waals surface area contributed by atoms with E-state index in [4.69, 9.17) is 23.7 Å². The molecule has 5 heterocycles. The predicted molar refractivity (Wildman–Crippen MR) is 232 cm³/mol. The second-order valence-electron chi connectivity index (χ2n) is 15.5. The number of halogens is 3. The number of carbonyl (C=O) groups is 5. The molecule has 2 aromatic heterocycles. The third-order valence-electron chi connectivity index (χ3n) is 11.1. The summed E-state index contributed by atoms with van der Waals surface area (Å²) in [6.45, 7) is 1.41. The number of nitrogens with zero attached hydrogens (tertiary/aromatic N) is 3. The zero-order chi connectivity index (χ0) is 47.2. The minimum absolute atomic E-state index is 0.0144. The standard InChI is InChI=1S/C45H43F3N6O12S/c46-28-12-13-53(25-28)67(60,61)52-34-9-8-33(47)39(40(34)48)41(56)32-24-50-42-31(32)22-27(23-49-42)26-4-6-29(7-5-26)65-20-18-63-16-14-62-15-17-64-19-21-66-36-3-1-2-30-38(36)45(59)54(44(30)58)35-10-11-37(55)51-43(35)57/h1-9,22-24,28,35,52H,10-21,25H2,(H,49,50)(H,51,55,57)/t28-,35?/m1/s1. The van der Waals surface area contributed by atoms with Crippen molar-refractivity contribution in [2.75, 3.05) is 70.7 Å². The predicted octanol–water partition coefficient (Wildman–Crippen LogP) is 4.35. The fourth-order valence-electron chi connectivity index (χ4n) is 7.75. The quantitative estimate of drug-likeness (QED) is 0.0530. The number of pyridine rings is 1. The fraction of sp³-hybridized carbons (Fsp3) is 0.333. The Hall–Kier alpha value is -6.72. The molecule has 352 valence electrons. The third-order valence-corrected chi connectivity index (χ3v) is 12.6. The average molecular weight is 949 g/mol. The van der Waals surface area contributed by atoms with E-state index in [-0.39, 0.29) is 98.9 Å². The van der Waals surface area contributed by atoms with Gasteiger partial charge in [0, 0.05) is 48.4 Å². The van der Waals surface area contributed by atoms with Crippen molar-refractivity contribution in [2.45, 2.75) is 31.5 Å². The Morgan fingerprint density at radius 3 is 2.22 bits per heavy atom. The lowest BCUT2D eigenvalue weighted by atomic mass is 10.00. The van der Waals surface area contributed by atoms with Gasteiger partial charge in [0.1, 0.15) is 48.4 Å². The van der Waals surface area contributed by atoms with Gasteiger partial charge in [0.25, 0.3) is 11.8 Å². The zero-order valence-electron chi connectivity index (χ0n) is 35.6. The first-order valence-electron chi connectivity index (χ1n) is 21.2. The Labute approximate surface area is 380 Å². The molecule has 0 spiro atoms. The molecular weight excluding hydrogens is 906 g/mol. The number of H-pyrrole nitrogens is 1. The van der Waals surface area contributed by atoms with Gasteiger partial charge in [-0.3, -0.25) is 38.9 Å². The van der Waals surface area contributed by atoms with E-state index in [0.717, 1.165) is 21.3 Å². The second-order valence-corrected chi connectivity index (χ2v) is 17.1. The number of ether oxygens (including phenoxy) is 5. The molecule has 0 aliphatic carbocycles. The van der Waals surface area contributed by atoms with Crippen LogP contribution in [0.15, 0.2) is 73.1 Å². The van der Waals surface area contributed by atoms with Crippen molar-refractivity contribution in [2.24, 2.45) is 0 Å². The number of aromatic nitrogens is 2. The lowest BCUT2D eigenvalue weighted by molar-refractivity contribution is -0.136. The van der Waals surface area contributed by atoms with E-state index >= 15 is 8.78 Å². The van der Waals surface area contributed by atoms with Crippen LogP contribution in [0.25, 0.3) is 22.2 Å². The molecule has 2 saturated heterocycles. The first-order chi connectivity index (χ1) is 32.3. The van der Waals surface area contributed by atoms with Crippen LogP contribution in [0.5, 0.6) is 11.5 Å². The topological polar surface area (TPSA) is 225 Å². The molecule has 3 aromatic carbocycles. The molecule has 2 atom stereocenters. The minimum Gasteiger partial charge on any atom is -0.491 e. The number of piperidine rings is 1. The molecule has 0 saturated carbocycles. The van der Waals surface area contributed by atoms with E-state index in [1.54, 1.807) is 48.7 Å². The number of aromatic amines is 1.